The van der Waals surface area contributed by atoms with Gasteiger partial charge in [-0.3, -0.25) is 0 Å². The van der Waals surface area contributed by atoms with Crippen molar-refractivity contribution in [3.63, 3.8) is 0 Å². The molecule has 90 valence electrons. The number of hydrogen-bond donors (Lipinski definition) is 0. The van der Waals surface area contributed by atoms with Gasteiger partial charge in [0.05, 0.1) is 0 Å². The maximum absolute atomic E-state index is 6.18. The van der Waals surface area contributed by atoms with Gasteiger partial charge in [0.25, 0.3) is 0 Å². The van der Waals surface area contributed by atoms with Crippen LogP contribution < -0.4 is 4.74 Å². The van der Waals surface area contributed by atoms with E-state index >= 15 is 0 Å². The van der Waals surface area contributed by atoms with Crippen LogP contribution in [-0.4, -0.2) is 5.60 Å². The van der Waals surface area contributed by atoms with Crippen LogP contribution in [0.5, 0.6) is 5.75 Å². The van der Waals surface area contributed by atoms with Crippen LogP contribution in [0.15, 0.2) is 18.2 Å². The lowest BCUT2D eigenvalue weighted by Crippen LogP contribution is -2.42. The summed E-state index contributed by atoms with van der Waals surface area (Å²) >= 11 is 0. The Balaban J connectivity index is 3.02. The summed E-state index contributed by atoms with van der Waals surface area (Å²) in [5.41, 5.74) is 2.45. The van der Waals surface area contributed by atoms with Gasteiger partial charge in [0.15, 0.2) is 0 Å². The van der Waals surface area contributed by atoms with Crippen LogP contribution in [-0.2, 0) is 0 Å². The van der Waals surface area contributed by atoms with Gasteiger partial charge in [0.1, 0.15) is 11.4 Å². The molecule has 1 aromatic rings. The van der Waals surface area contributed by atoms with Crippen molar-refractivity contribution >= 4 is 0 Å². The standard InChI is InChI=1S/C15H24O/c1-11-9-8-10-13(12(11)2)16-15(6,7)14(3,4)5/h8-10H,1-7H3. The Hall–Kier alpha value is -0.980. The van der Waals surface area contributed by atoms with E-state index in [-0.39, 0.29) is 11.0 Å². The quantitative estimate of drug-likeness (QED) is 0.712. The topological polar surface area (TPSA) is 9.23 Å². The van der Waals surface area contributed by atoms with Gasteiger partial charge in [-0.05, 0) is 44.9 Å². The molecule has 16 heavy (non-hydrogen) atoms. The zero-order valence-electron chi connectivity index (χ0n) is 11.6. The highest BCUT2D eigenvalue weighted by Gasteiger charge is 2.35. The molecule has 0 aliphatic heterocycles. The van der Waals surface area contributed by atoms with Crippen LogP contribution in [0.2, 0.25) is 0 Å². The minimum absolute atomic E-state index is 0.114. The van der Waals surface area contributed by atoms with E-state index < -0.39 is 0 Å². The Kier molecular flexibility index (Phi) is 3.37. The molecule has 0 N–H and O–H groups in total. The molecule has 0 aliphatic rings. The molecule has 0 aliphatic carbocycles. The molecule has 0 amide bonds. The number of rotatable bonds is 2. The van der Waals surface area contributed by atoms with E-state index in [9.17, 15) is 0 Å². The lowest BCUT2D eigenvalue weighted by molar-refractivity contribution is 0.000223. The minimum atomic E-state index is -0.175. The highest BCUT2D eigenvalue weighted by Crippen LogP contribution is 2.35. The van der Waals surface area contributed by atoms with Crippen LogP contribution in [0.3, 0.4) is 0 Å². The van der Waals surface area contributed by atoms with Crippen LogP contribution in [0.1, 0.15) is 45.7 Å². The number of ether oxygens (including phenoxy) is 1. The largest absolute Gasteiger partial charge is 0.487 e. The van der Waals surface area contributed by atoms with E-state index in [1.807, 2.05) is 0 Å². The van der Waals surface area contributed by atoms with Crippen molar-refractivity contribution in [2.75, 3.05) is 0 Å². The fourth-order valence-electron chi connectivity index (χ4n) is 1.26. The van der Waals surface area contributed by atoms with Crippen molar-refractivity contribution in [3.05, 3.63) is 29.3 Å². The predicted octanol–water partition coefficient (Wildman–Crippen LogP) is 4.51. The summed E-state index contributed by atoms with van der Waals surface area (Å²) in [7, 11) is 0. The Morgan fingerprint density at radius 3 is 2.00 bits per heavy atom. The highest BCUT2D eigenvalue weighted by atomic mass is 16.5. The summed E-state index contributed by atoms with van der Waals surface area (Å²) in [6.07, 6.45) is 0. The third-order valence-corrected chi connectivity index (χ3v) is 3.73. The Labute approximate surface area is 99.8 Å². The van der Waals surface area contributed by atoms with E-state index in [0.29, 0.717) is 0 Å². The average Bonchev–Trinajstić information content (AvgIpc) is 2.11. The lowest BCUT2D eigenvalue weighted by Gasteiger charge is -2.39. The average molecular weight is 220 g/mol. The SMILES string of the molecule is Cc1cccc(OC(C)(C)C(C)(C)C)c1C. The molecule has 0 heterocycles. The van der Waals surface area contributed by atoms with Gasteiger partial charge in [-0.2, -0.15) is 0 Å². The van der Waals surface area contributed by atoms with Gasteiger partial charge >= 0.3 is 0 Å². The van der Waals surface area contributed by atoms with E-state index in [1.54, 1.807) is 0 Å². The molecular weight excluding hydrogens is 196 g/mol. The van der Waals surface area contributed by atoms with Crippen molar-refractivity contribution in [1.82, 2.24) is 0 Å². The molecule has 1 aromatic carbocycles. The van der Waals surface area contributed by atoms with Crippen LogP contribution in [0.4, 0.5) is 0 Å². The molecule has 0 aromatic heterocycles. The fraction of sp³-hybridized carbons (Fsp3) is 0.600. The smallest absolute Gasteiger partial charge is 0.123 e. The molecule has 0 radical (unpaired) electrons. The predicted molar refractivity (Wildman–Crippen MR) is 70.1 cm³/mol. The first kappa shape index (κ1) is 13.1. The highest BCUT2D eigenvalue weighted by molar-refractivity contribution is 5.38. The van der Waals surface area contributed by atoms with E-state index in [1.165, 1.54) is 11.1 Å². The van der Waals surface area contributed by atoms with Gasteiger partial charge in [0, 0.05) is 5.41 Å². The molecule has 0 spiro atoms. The summed E-state index contributed by atoms with van der Waals surface area (Å²) in [6, 6.07) is 6.22. The zero-order chi connectivity index (χ0) is 12.6. The van der Waals surface area contributed by atoms with Crippen molar-refractivity contribution in [2.45, 2.75) is 54.1 Å². The minimum Gasteiger partial charge on any atom is -0.487 e. The van der Waals surface area contributed by atoms with Crippen molar-refractivity contribution in [1.29, 1.82) is 0 Å². The molecule has 0 atom stereocenters. The first-order valence-corrected chi connectivity index (χ1v) is 5.90. The fourth-order valence-corrected chi connectivity index (χ4v) is 1.26. The molecule has 0 fully saturated rings. The maximum Gasteiger partial charge on any atom is 0.123 e. The van der Waals surface area contributed by atoms with Crippen LogP contribution in [0, 0.1) is 19.3 Å². The number of aryl methyl sites for hydroxylation is 1. The van der Waals surface area contributed by atoms with Crippen molar-refractivity contribution in [3.8, 4) is 5.75 Å². The summed E-state index contributed by atoms with van der Waals surface area (Å²) < 4.78 is 6.18. The molecule has 1 rings (SSSR count). The monoisotopic (exact) mass is 220 g/mol. The van der Waals surface area contributed by atoms with Crippen molar-refractivity contribution in [2.24, 2.45) is 5.41 Å². The molecule has 0 saturated carbocycles. The molecule has 0 bridgehead atoms. The second kappa shape index (κ2) is 4.12. The third kappa shape index (κ3) is 2.58. The third-order valence-electron chi connectivity index (χ3n) is 3.73. The van der Waals surface area contributed by atoms with Gasteiger partial charge in [-0.1, -0.05) is 32.9 Å². The summed E-state index contributed by atoms with van der Waals surface area (Å²) in [6.45, 7) is 15.1. The second-order valence-corrected chi connectivity index (χ2v) is 6.06. The Morgan fingerprint density at radius 2 is 1.50 bits per heavy atom. The van der Waals surface area contributed by atoms with Gasteiger partial charge < -0.3 is 4.74 Å². The van der Waals surface area contributed by atoms with Crippen LogP contribution >= 0.6 is 0 Å². The Morgan fingerprint density at radius 1 is 0.938 bits per heavy atom. The summed E-state index contributed by atoms with van der Waals surface area (Å²) in [4.78, 5) is 0. The van der Waals surface area contributed by atoms with Gasteiger partial charge in [-0.25, -0.2) is 0 Å². The lowest BCUT2D eigenvalue weighted by atomic mass is 9.79. The van der Waals surface area contributed by atoms with E-state index in [0.717, 1.165) is 5.75 Å². The first-order valence-electron chi connectivity index (χ1n) is 5.90. The van der Waals surface area contributed by atoms with Gasteiger partial charge in [-0.15, -0.1) is 0 Å². The molecule has 1 heteroatoms. The number of hydrogen-bond acceptors (Lipinski definition) is 1. The second-order valence-electron chi connectivity index (χ2n) is 6.06. The summed E-state index contributed by atoms with van der Waals surface area (Å²) in [5.74, 6) is 1.000. The molecule has 0 unspecified atom stereocenters. The Bertz CT molecular complexity index is 370. The molecule has 1 nitrogen and oxygen atoms in total. The van der Waals surface area contributed by atoms with Crippen molar-refractivity contribution < 1.29 is 4.74 Å². The normalized spacial score (nSPS) is 12.7. The first-order chi connectivity index (χ1) is 7.15. The van der Waals surface area contributed by atoms with Crippen LogP contribution in [0.25, 0.3) is 0 Å². The summed E-state index contributed by atoms with van der Waals surface area (Å²) in [5, 5.41) is 0. The van der Waals surface area contributed by atoms with E-state index in [4.69, 9.17) is 4.74 Å². The zero-order valence-corrected chi connectivity index (χ0v) is 11.6. The molecular formula is C15H24O. The number of benzene rings is 1. The maximum atomic E-state index is 6.18. The van der Waals surface area contributed by atoms with Gasteiger partial charge in [0.2, 0.25) is 0 Å². The van der Waals surface area contributed by atoms with E-state index in [2.05, 4.69) is 66.7 Å². The molecule has 0 saturated heterocycles.